The van der Waals surface area contributed by atoms with E-state index < -0.39 is 11.9 Å². The Morgan fingerprint density at radius 2 is 1.36 bits per heavy atom. The van der Waals surface area contributed by atoms with E-state index in [0.717, 1.165) is 24.9 Å². The highest BCUT2D eigenvalue weighted by molar-refractivity contribution is 6.25. The van der Waals surface area contributed by atoms with E-state index in [0.29, 0.717) is 6.08 Å². The first-order chi connectivity index (χ1) is 10.3. The summed E-state index contributed by atoms with van der Waals surface area (Å²) in [6.45, 7) is 13.6. The molecule has 0 unspecified atom stereocenters. The third-order valence-corrected chi connectivity index (χ3v) is 0.811. The SMILES string of the molecule is C=CCl.C=CO.C=COC(=O)C=CC(=O)O.C=COC(C)=O. The van der Waals surface area contributed by atoms with Crippen LogP contribution in [-0.4, -0.2) is 28.1 Å². The summed E-state index contributed by atoms with van der Waals surface area (Å²) in [6.07, 6.45) is 4.26. The van der Waals surface area contributed by atoms with Gasteiger partial charge in [-0.15, -0.1) is 0 Å². The van der Waals surface area contributed by atoms with Crippen LogP contribution in [0.15, 0.2) is 62.8 Å². The molecule has 0 heterocycles. The first-order valence-corrected chi connectivity index (χ1v) is 5.67. The molecule has 0 saturated carbocycles. The second kappa shape index (κ2) is 26.7. The fourth-order valence-corrected chi connectivity index (χ4v) is 0.378. The van der Waals surface area contributed by atoms with E-state index in [-0.39, 0.29) is 5.97 Å². The molecular weight excluding hydrogens is 316 g/mol. The number of rotatable bonds is 4. The van der Waals surface area contributed by atoms with Crippen molar-refractivity contribution in [1.82, 2.24) is 0 Å². The van der Waals surface area contributed by atoms with E-state index in [9.17, 15) is 14.4 Å². The van der Waals surface area contributed by atoms with E-state index in [4.69, 9.17) is 21.8 Å². The second-order valence-electron chi connectivity index (χ2n) is 2.39. The topological polar surface area (TPSA) is 110 Å². The number of aliphatic hydroxyl groups is 1. The van der Waals surface area contributed by atoms with Gasteiger partial charge in [-0.1, -0.05) is 37.9 Å². The maximum absolute atomic E-state index is 10.3. The van der Waals surface area contributed by atoms with Crippen LogP contribution in [0.2, 0.25) is 0 Å². The molecule has 0 atom stereocenters. The molecule has 0 aromatic rings. The van der Waals surface area contributed by atoms with Gasteiger partial charge in [0.05, 0.1) is 18.8 Å². The summed E-state index contributed by atoms with van der Waals surface area (Å²) >= 11 is 4.76. The van der Waals surface area contributed by atoms with Crippen molar-refractivity contribution >= 4 is 29.5 Å². The third-order valence-electron chi connectivity index (χ3n) is 0.811. The van der Waals surface area contributed by atoms with Crippen molar-refractivity contribution < 1.29 is 34.1 Å². The van der Waals surface area contributed by atoms with Gasteiger partial charge < -0.3 is 19.7 Å². The average Bonchev–Trinajstić information content (AvgIpc) is 2.39. The van der Waals surface area contributed by atoms with Gasteiger partial charge in [0.1, 0.15) is 0 Å². The lowest BCUT2D eigenvalue weighted by molar-refractivity contribution is -0.135. The molecular formula is C14H19ClO7. The first-order valence-electron chi connectivity index (χ1n) is 5.24. The smallest absolute Gasteiger partial charge is 0.335 e. The van der Waals surface area contributed by atoms with E-state index in [1.165, 1.54) is 12.5 Å². The number of esters is 2. The Kier molecular flexibility index (Phi) is 33.4. The zero-order chi connectivity index (χ0) is 18.4. The van der Waals surface area contributed by atoms with Crippen molar-refractivity contribution in [3.8, 4) is 0 Å². The van der Waals surface area contributed by atoms with E-state index in [2.05, 4.69) is 35.8 Å². The minimum Gasteiger partial charge on any atom is -0.516 e. The summed E-state index contributed by atoms with van der Waals surface area (Å²) in [7, 11) is 0. The molecule has 0 aliphatic rings. The Hall–Kier alpha value is -2.80. The predicted molar refractivity (Wildman–Crippen MR) is 83.9 cm³/mol. The van der Waals surface area contributed by atoms with E-state index in [1.807, 2.05) is 0 Å². The molecule has 0 bridgehead atoms. The summed E-state index contributed by atoms with van der Waals surface area (Å²) in [5, 5.41) is 15.3. The normalized spacial score (nSPS) is 7.18. The third kappa shape index (κ3) is 67.1. The first kappa shape index (κ1) is 27.5. The zero-order valence-electron chi connectivity index (χ0n) is 12.1. The summed E-state index contributed by atoms with van der Waals surface area (Å²) in [6, 6.07) is 0. The molecule has 7 nitrogen and oxygen atoms in total. The number of carbonyl (C=O) groups is 3. The molecule has 0 radical (unpaired) electrons. The summed E-state index contributed by atoms with van der Waals surface area (Å²) in [4.78, 5) is 29.8. The van der Waals surface area contributed by atoms with Crippen molar-refractivity contribution in [2.75, 3.05) is 0 Å². The van der Waals surface area contributed by atoms with E-state index in [1.54, 1.807) is 0 Å². The minimum absolute atomic E-state index is 0.329. The molecule has 8 heteroatoms. The monoisotopic (exact) mass is 334 g/mol. The molecule has 0 aliphatic heterocycles. The highest BCUT2D eigenvalue weighted by atomic mass is 35.5. The number of carboxylic acid groups (broad SMARTS) is 1. The van der Waals surface area contributed by atoms with Crippen LogP contribution >= 0.6 is 11.6 Å². The van der Waals surface area contributed by atoms with Crippen LogP contribution in [0.5, 0.6) is 0 Å². The number of halogens is 1. The Bertz CT molecular complexity index is 381. The average molecular weight is 335 g/mol. The quantitative estimate of drug-likeness (QED) is 0.461. The molecule has 124 valence electrons. The molecule has 0 aliphatic carbocycles. The van der Waals surface area contributed by atoms with Crippen LogP contribution in [0, 0.1) is 0 Å². The van der Waals surface area contributed by atoms with Crippen LogP contribution in [-0.2, 0) is 23.9 Å². The second-order valence-corrected chi connectivity index (χ2v) is 2.70. The van der Waals surface area contributed by atoms with Crippen molar-refractivity contribution in [1.29, 1.82) is 0 Å². The van der Waals surface area contributed by atoms with Crippen molar-refractivity contribution in [3.63, 3.8) is 0 Å². The summed E-state index contributed by atoms with van der Waals surface area (Å²) in [5.74, 6) is -2.27. The van der Waals surface area contributed by atoms with Crippen LogP contribution < -0.4 is 0 Å². The van der Waals surface area contributed by atoms with Gasteiger partial charge in [0.2, 0.25) is 0 Å². The van der Waals surface area contributed by atoms with Crippen LogP contribution in [0.3, 0.4) is 0 Å². The van der Waals surface area contributed by atoms with Crippen LogP contribution in [0.1, 0.15) is 6.92 Å². The lowest BCUT2D eigenvalue weighted by atomic mass is 10.5. The number of hydrogen-bond acceptors (Lipinski definition) is 6. The van der Waals surface area contributed by atoms with Gasteiger partial charge in [-0.3, -0.25) is 4.79 Å². The minimum atomic E-state index is -1.19. The standard InChI is InChI=1S/C6H6O4.C4H6O2.C2H3Cl.C2H4O/c1-2-10-6(9)4-3-5(7)8;1-3-6-4(2)5;2*1-2-3/h2-4H,1H2,(H,7,8);3H,1H2,2H3;2H,1H2;2-3H,1H2. The number of carbonyl (C=O) groups excluding carboxylic acids is 2. The van der Waals surface area contributed by atoms with Gasteiger partial charge in [0, 0.05) is 19.1 Å². The van der Waals surface area contributed by atoms with Crippen molar-refractivity contribution in [3.05, 3.63) is 62.8 Å². The fourth-order valence-electron chi connectivity index (χ4n) is 0.378. The Balaban J connectivity index is -0.000000115. The molecule has 0 amide bonds. The van der Waals surface area contributed by atoms with Crippen molar-refractivity contribution in [2.24, 2.45) is 0 Å². The maximum atomic E-state index is 10.3. The summed E-state index contributed by atoms with van der Waals surface area (Å²) in [5.41, 5.74) is 1.22. The van der Waals surface area contributed by atoms with Crippen molar-refractivity contribution in [2.45, 2.75) is 6.92 Å². The number of aliphatic carboxylic acids is 1. The number of aliphatic hydroxyl groups excluding tert-OH is 1. The Morgan fingerprint density at radius 3 is 1.55 bits per heavy atom. The highest BCUT2D eigenvalue weighted by Crippen LogP contribution is 1.80. The number of hydrogen-bond donors (Lipinski definition) is 2. The summed E-state index contributed by atoms with van der Waals surface area (Å²) < 4.78 is 8.33. The maximum Gasteiger partial charge on any atom is 0.335 e. The molecule has 0 aromatic carbocycles. The molecule has 0 aromatic heterocycles. The van der Waals surface area contributed by atoms with Gasteiger partial charge >= 0.3 is 17.9 Å². The van der Waals surface area contributed by atoms with Gasteiger partial charge in [-0.2, -0.15) is 0 Å². The molecule has 0 fully saturated rings. The largest absolute Gasteiger partial charge is 0.516 e. The Labute approximate surface area is 134 Å². The van der Waals surface area contributed by atoms with Gasteiger partial charge in [0.15, 0.2) is 0 Å². The highest BCUT2D eigenvalue weighted by Gasteiger charge is 1.93. The van der Waals surface area contributed by atoms with Gasteiger partial charge in [-0.05, 0) is 5.54 Å². The molecule has 0 rings (SSSR count). The molecule has 0 spiro atoms. The number of ether oxygens (including phenoxy) is 2. The van der Waals surface area contributed by atoms with E-state index >= 15 is 0 Å². The molecule has 0 saturated heterocycles. The number of carboxylic acids is 1. The predicted octanol–water partition coefficient (Wildman–Crippen LogP) is 3.06. The lowest BCUT2D eigenvalue weighted by Gasteiger charge is -1.87. The Morgan fingerprint density at radius 1 is 1.00 bits per heavy atom. The van der Waals surface area contributed by atoms with Crippen LogP contribution in [0.4, 0.5) is 0 Å². The van der Waals surface area contributed by atoms with Gasteiger partial charge in [0.25, 0.3) is 0 Å². The van der Waals surface area contributed by atoms with Crippen LogP contribution in [0.25, 0.3) is 0 Å². The zero-order valence-corrected chi connectivity index (χ0v) is 12.9. The molecule has 2 N–H and O–H groups in total. The lowest BCUT2D eigenvalue weighted by Crippen LogP contribution is -1.95. The van der Waals surface area contributed by atoms with Gasteiger partial charge in [-0.25, -0.2) is 9.59 Å². The molecule has 22 heavy (non-hydrogen) atoms. The fraction of sp³-hybridized carbons (Fsp3) is 0.0714.